The molecule has 2 rings (SSSR count). The molecule has 1 N–H and O–H groups in total. The second kappa shape index (κ2) is 5.16. The van der Waals surface area contributed by atoms with Crippen molar-refractivity contribution >= 4 is 5.97 Å². The molecule has 0 aliphatic heterocycles. The van der Waals surface area contributed by atoms with Crippen LogP contribution in [0.2, 0.25) is 0 Å². The predicted molar refractivity (Wildman–Crippen MR) is 61.9 cm³/mol. The molecule has 0 saturated heterocycles. The number of rotatable bonds is 4. The van der Waals surface area contributed by atoms with Gasteiger partial charge in [-0.15, -0.1) is 0 Å². The first-order valence-electron chi connectivity index (χ1n) is 5.30. The van der Waals surface area contributed by atoms with Crippen molar-refractivity contribution in [1.82, 2.24) is 5.16 Å². The molecule has 8 heteroatoms. The fourth-order valence-corrected chi connectivity index (χ4v) is 1.66. The van der Waals surface area contributed by atoms with Gasteiger partial charge in [-0.25, -0.2) is 13.6 Å². The van der Waals surface area contributed by atoms with Crippen LogP contribution in [0.25, 0.3) is 11.3 Å². The molecule has 0 aliphatic rings. The highest BCUT2D eigenvalue weighted by Crippen LogP contribution is 2.40. The Morgan fingerprint density at radius 2 is 2.00 bits per heavy atom. The quantitative estimate of drug-likeness (QED) is 0.928. The van der Waals surface area contributed by atoms with E-state index >= 15 is 0 Å². The largest absolute Gasteiger partial charge is 0.493 e. The number of benzene rings is 1. The van der Waals surface area contributed by atoms with Gasteiger partial charge >= 0.3 is 5.97 Å². The summed E-state index contributed by atoms with van der Waals surface area (Å²) in [6.07, 6.45) is 0. The highest BCUT2D eigenvalue weighted by Gasteiger charge is 2.25. The Balaban J connectivity index is 2.70. The number of ether oxygens (including phenoxy) is 2. The van der Waals surface area contributed by atoms with Crippen molar-refractivity contribution in [2.75, 3.05) is 14.2 Å². The van der Waals surface area contributed by atoms with Gasteiger partial charge in [-0.2, -0.15) is 0 Å². The summed E-state index contributed by atoms with van der Waals surface area (Å²) in [5, 5.41) is 12.1. The summed E-state index contributed by atoms with van der Waals surface area (Å²) in [5.74, 6) is -4.49. The van der Waals surface area contributed by atoms with Crippen LogP contribution in [0.4, 0.5) is 8.78 Å². The lowest BCUT2D eigenvalue weighted by Gasteiger charge is -2.12. The number of nitrogens with zero attached hydrogens (tertiary/aromatic N) is 1. The number of halogens is 2. The summed E-state index contributed by atoms with van der Waals surface area (Å²) in [4.78, 5) is 10.7. The number of carbonyl (C=O) groups is 1. The second-order valence-corrected chi connectivity index (χ2v) is 3.66. The van der Waals surface area contributed by atoms with Crippen molar-refractivity contribution in [2.24, 2.45) is 0 Å². The summed E-state index contributed by atoms with van der Waals surface area (Å²) in [6.45, 7) is 0. The molecule has 0 amide bonds. The maximum absolute atomic E-state index is 13.9. The standard InChI is InChI=1S/C12H9F2NO5/c1-18-7-3-5(13)10(14)9(11(7)19-2)6-4-8(12(16)17)20-15-6/h3-4H,1-2H3,(H,16,17). The fourth-order valence-electron chi connectivity index (χ4n) is 1.66. The minimum absolute atomic E-state index is 0.0544. The average Bonchev–Trinajstić information content (AvgIpc) is 2.90. The number of aromatic carboxylic acids is 1. The topological polar surface area (TPSA) is 81.8 Å². The molecule has 1 aromatic heterocycles. The number of aromatic nitrogens is 1. The number of hydrogen-bond acceptors (Lipinski definition) is 5. The molecule has 106 valence electrons. The van der Waals surface area contributed by atoms with Crippen LogP contribution in [0.5, 0.6) is 11.5 Å². The lowest BCUT2D eigenvalue weighted by molar-refractivity contribution is 0.0652. The van der Waals surface area contributed by atoms with Crippen LogP contribution in [0, 0.1) is 11.6 Å². The number of carboxylic acids is 1. The smallest absolute Gasteiger partial charge is 0.374 e. The zero-order valence-corrected chi connectivity index (χ0v) is 10.4. The fraction of sp³-hybridized carbons (Fsp3) is 0.167. The summed E-state index contributed by atoms with van der Waals surface area (Å²) in [5.41, 5.74) is -0.588. The lowest BCUT2D eigenvalue weighted by Crippen LogP contribution is -1.99. The van der Waals surface area contributed by atoms with Crippen molar-refractivity contribution in [3.63, 3.8) is 0 Å². The Hall–Kier alpha value is -2.64. The highest BCUT2D eigenvalue weighted by atomic mass is 19.2. The molecule has 0 unspecified atom stereocenters. The van der Waals surface area contributed by atoms with E-state index in [9.17, 15) is 13.6 Å². The van der Waals surface area contributed by atoms with E-state index in [2.05, 4.69) is 9.68 Å². The van der Waals surface area contributed by atoms with Gasteiger partial charge in [0.1, 0.15) is 5.69 Å². The molecule has 1 heterocycles. The Bertz CT molecular complexity index is 668. The van der Waals surface area contributed by atoms with Crippen molar-refractivity contribution in [3.8, 4) is 22.8 Å². The van der Waals surface area contributed by atoms with Crippen molar-refractivity contribution in [1.29, 1.82) is 0 Å². The molecule has 0 spiro atoms. The first-order valence-corrected chi connectivity index (χ1v) is 5.30. The molecule has 0 aliphatic carbocycles. The van der Waals surface area contributed by atoms with Gasteiger partial charge in [0.15, 0.2) is 23.1 Å². The molecule has 0 radical (unpaired) electrons. The molecule has 1 aromatic carbocycles. The monoisotopic (exact) mass is 285 g/mol. The van der Waals surface area contributed by atoms with Crippen LogP contribution in [0.3, 0.4) is 0 Å². The van der Waals surface area contributed by atoms with E-state index in [4.69, 9.17) is 14.6 Å². The summed E-state index contributed by atoms with van der Waals surface area (Å²) >= 11 is 0. The van der Waals surface area contributed by atoms with Gasteiger partial charge < -0.3 is 19.1 Å². The van der Waals surface area contributed by atoms with E-state index < -0.39 is 23.4 Å². The Labute approximate surface area is 111 Å². The van der Waals surface area contributed by atoms with Crippen molar-refractivity contribution < 1.29 is 32.7 Å². The van der Waals surface area contributed by atoms with Gasteiger partial charge in [0, 0.05) is 12.1 Å². The molecule has 2 aromatic rings. The number of hydrogen-bond donors (Lipinski definition) is 1. The highest BCUT2D eigenvalue weighted by molar-refractivity contribution is 5.86. The number of methoxy groups -OCH3 is 2. The summed E-state index contributed by atoms with van der Waals surface area (Å²) in [7, 11) is 2.49. The van der Waals surface area contributed by atoms with Crippen LogP contribution in [-0.4, -0.2) is 30.5 Å². The molecule has 0 bridgehead atoms. The van der Waals surface area contributed by atoms with E-state index in [1.807, 2.05) is 0 Å². The Morgan fingerprint density at radius 1 is 1.30 bits per heavy atom. The molecule has 20 heavy (non-hydrogen) atoms. The van der Waals surface area contributed by atoms with Gasteiger partial charge in [0.25, 0.3) is 0 Å². The third-order valence-corrected chi connectivity index (χ3v) is 2.54. The lowest BCUT2D eigenvalue weighted by atomic mass is 10.1. The minimum Gasteiger partial charge on any atom is -0.493 e. The van der Waals surface area contributed by atoms with Crippen LogP contribution in [0.1, 0.15) is 10.6 Å². The third kappa shape index (κ3) is 2.15. The molecule has 0 atom stereocenters. The Kier molecular flexibility index (Phi) is 3.55. The summed E-state index contributed by atoms with van der Waals surface area (Å²) in [6, 6.07) is 1.78. The normalized spacial score (nSPS) is 10.4. The van der Waals surface area contributed by atoms with E-state index in [1.54, 1.807) is 0 Å². The van der Waals surface area contributed by atoms with Gasteiger partial charge in [-0.3, -0.25) is 0 Å². The first kappa shape index (κ1) is 13.8. The second-order valence-electron chi connectivity index (χ2n) is 3.66. The Morgan fingerprint density at radius 3 is 2.50 bits per heavy atom. The van der Waals surface area contributed by atoms with E-state index in [0.29, 0.717) is 0 Å². The van der Waals surface area contributed by atoms with Crippen LogP contribution >= 0.6 is 0 Å². The molecule has 0 fully saturated rings. The van der Waals surface area contributed by atoms with Crippen molar-refractivity contribution in [2.45, 2.75) is 0 Å². The van der Waals surface area contributed by atoms with E-state index in [1.165, 1.54) is 14.2 Å². The van der Waals surface area contributed by atoms with Crippen LogP contribution in [0.15, 0.2) is 16.7 Å². The molecule has 6 nitrogen and oxygen atoms in total. The van der Waals surface area contributed by atoms with Crippen molar-refractivity contribution in [3.05, 3.63) is 29.5 Å². The maximum atomic E-state index is 13.9. The van der Waals surface area contributed by atoms with Gasteiger partial charge in [0.05, 0.1) is 19.8 Å². The zero-order chi connectivity index (χ0) is 14.9. The van der Waals surface area contributed by atoms with Gasteiger partial charge in [-0.05, 0) is 0 Å². The van der Waals surface area contributed by atoms with Crippen LogP contribution < -0.4 is 9.47 Å². The van der Waals surface area contributed by atoms with Crippen LogP contribution in [-0.2, 0) is 0 Å². The first-order chi connectivity index (χ1) is 9.49. The molecular weight excluding hydrogens is 276 g/mol. The zero-order valence-electron chi connectivity index (χ0n) is 10.4. The minimum atomic E-state index is -1.38. The third-order valence-electron chi connectivity index (χ3n) is 2.54. The van der Waals surface area contributed by atoms with Gasteiger partial charge in [0.2, 0.25) is 5.76 Å². The SMILES string of the molecule is COc1cc(F)c(F)c(-c2cc(C(=O)O)on2)c1OC. The maximum Gasteiger partial charge on any atom is 0.374 e. The molecule has 0 saturated carbocycles. The summed E-state index contributed by atoms with van der Waals surface area (Å²) < 4.78 is 41.8. The van der Waals surface area contributed by atoms with Gasteiger partial charge in [-0.1, -0.05) is 5.16 Å². The molecular formula is C12H9F2NO5. The number of carboxylic acid groups (broad SMARTS) is 1. The predicted octanol–water partition coefficient (Wildman–Crippen LogP) is 2.34. The average molecular weight is 285 g/mol. The van der Waals surface area contributed by atoms with E-state index in [0.717, 1.165) is 12.1 Å². The van der Waals surface area contributed by atoms with E-state index in [-0.39, 0.29) is 22.8 Å².